The van der Waals surface area contributed by atoms with Gasteiger partial charge in [-0.1, -0.05) is 6.08 Å². The van der Waals surface area contributed by atoms with Crippen LogP contribution in [0.5, 0.6) is 0 Å². The lowest BCUT2D eigenvalue weighted by Crippen LogP contribution is -2.26. The van der Waals surface area contributed by atoms with Crippen LogP contribution in [0.15, 0.2) is 28.7 Å². The molecule has 0 amide bonds. The third-order valence-electron chi connectivity index (χ3n) is 5.07. The van der Waals surface area contributed by atoms with Crippen molar-refractivity contribution in [2.75, 3.05) is 31.6 Å². The fraction of sp³-hybridized carbons (Fsp3) is 0.368. The average molecular weight is 375 g/mol. The number of halogens is 2. The van der Waals surface area contributed by atoms with Gasteiger partial charge in [-0.3, -0.25) is 4.79 Å². The van der Waals surface area contributed by atoms with Gasteiger partial charge in [0.15, 0.2) is 5.82 Å². The first-order valence-corrected chi connectivity index (χ1v) is 8.80. The van der Waals surface area contributed by atoms with E-state index in [1.807, 2.05) is 6.08 Å². The van der Waals surface area contributed by atoms with E-state index in [0.717, 1.165) is 24.5 Å². The number of pyridine rings is 1. The second-order valence-corrected chi connectivity index (χ2v) is 7.01. The Bertz CT molecular complexity index is 1040. The highest BCUT2D eigenvalue weighted by molar-refractivity contribution is 5.94. The smallest absolute Gasteiger partial charge is 0.341 e. The maximum Gasteiger partial charge on any atom is 0.341 e. The largest absolute Gasteiger partial charge is 0.477 e. The van der Waals surface area contributed by atoms with Crippen LogP contribution in [0.2, 0.25) is 0 Å². The molecule has 1 aliphatic heterocycles. The van der Waals surface area contributed by atoms with Crippen molar-refractivity contribution in [2.24, 2.45) is 0 Å². The maximum absolute atomic E-state index is 15.4. The minimum absolute atomic E-state index is 0.0223. The summed E-state index contributed by atoms with van der Waals surface area (Å²) in [5, 5.41) is 12.1. The molecule has 6 nitrogen and oxygen atoms in total. The van der Waals surface area contributed by atoms with Crippen molar-refractivity contribution in [3.05, 3.63) is 51.3 Å². The molecule has 27 heavy (non-hydrogen) atoms. The van der Waals surface area contributed by atoms with Crippen molar-refractivity contribution in [1.29, 1.82) is 0 Å². The van der Waals surface area contributed by atoms with Crippen LogP contribution in [0.4, 0.5) is 14.5 Å². The number of aromatic nitrogens is 1. The predicted octanol–water partition coefficient (Wildman–Crippen LogP) is 2.28. The molecule has 0 bridgehead atoms. The van der Waals surface area contributed by atoms with Crippen LogP contribution >= 0.6 is 0 Å². The van der Waals surface area contributed by atoms with Gasteiger partial charge in [-0.25, -0.2) is 13.6 Å². The first kappa shape index (κ1) is 17.7. The molecule has 142 valence electrons. The molecule has 1 fully saturated rings. The molecule has 4 rings (SSSR count). The summed E-state index contributed by atoms with van der Waals surface area (Å²) in [6.45, 7) is 1.39. The maximum atomic E-state index is 15.4. The van der Waals surface area contributed by atoms with Gasteiger partial charge in [-0.2, -0.15) is 0 Å². The molecule has 0 atom stereocenters. The number of likely N-dealkylation sites (N-methyl/N-ethyl adjacent to an activating group) is 1. The van der Waals surface area contributed by atoms with Crippen LogP contribution in [0.25, 0.3) is 10.9 Å². The summed E-state index contributed by atoms with van der Waals surface area (Å²) >= 11 is 0. The molecular formula is C19H19F2N3O3. The molecule has 1 aliphatic carbocycles. The summed E-state index contributed by atoms with van der Waals surface area (Å²) < 4.78 is 31.7. The number of nitrogens with zero attached hydrogens (tertiary/aromatic N) is 2. The van der Waals surface area contributed by atoms with Crippen molar-refractivity contribution in [2.45, 2.75) is 18.9 Å². The quantitative estimate of drug-likeness (QED) is 0.785. The number of benzene rings is 1. The van der Waals surface area contributed by atoms with Crippen LogP contribution < -0.4 is 15.6 Å². The van der Waals surface area contributed by atoms with Gasteiger partial charge in [0.2, 0.25) is 5.43 Å². The number of fused-ring (bicyclic) bond motifs is 1. The van der Waals surface area contributed by atoms with Gasteiger partial charge in [-0.15, -0.1) is 0 Å². The number of carboxylic acid groups (broad SMARTS) is 1. The molecule has 0 radical (unpaired) electrons. The molecule has 2 heterocycles. The van der Waals surface area contributed by atoms with Gasteiger partial charge in [0.05, 0.1) is 10.9 Å². The number of carboxylic acids is 1. The fourth-order valence-corrected chi connectivity index (χ4v) is 3.65. The number of nitrogens with one attached hydrogen (secondary N) is 1. The van der Waals surface area contributed by atoms with Gasteiger partial charge in [0, 0.05) is 31.9 Å². The molecule has 1 saturated carbocycles. The lowest BCUT2D eigenvalue weighted by molar-refractivity contribution is 0.0695. The Morgan fingerprint density at radius 1 is 1.37 bits per heavy atom. The van der Waals surface area contributed by atoms with E-state index in [0.29, 0.717) is 19.6 Å². The molecule has 0 unspecified atom stereocenters. The van der Waals surface area contributed by atoms with Gasteiger partial charge in [0.1, 0.15) is 17.1 Å². The van der Waals surface area contributed by atoms with E-state index in [1.54, 1.807) is 11.9 Å². The molecule has 1 aromatic carbocycles. The Morgan fingerprint density at radius 3 is 2.74 bits per heavy atom. The SMILES string of the molecule is CNCC1=CCN(c2c(F)cc3c(=O)c(C(=O)O)cn(C4CC4)c3c2F)C1. The number of aromatic carboxylic acids is 1. The van der Waals surface area contributed by atoms with Crippen molar-refractivity contribution in [1.82, 2.24) is 9.88 Å². The Labute approximate surface area is 153 Å². The van der Waals surface area contributed by atoms with Gasteiger partial charge in [0.25, 0.3) is 0 Å². The molecule has 2 aromatic rings. The highest BCUT2D eigenvalue weighted by Crippen LogP contribution is 2.40. The van der Waals surface area contributed by atoms with E-state index in [9.17, 15) is 19.1 Å². The van der Waals surface area contributed by atoms with E-state index in [4.69, 9.17) is 0 Å². The number of rotatable bonds is 5. The Balaban J connectivity index is 1.91. The highest BCUT2D eigenvalue weighted by atomic mass is 19.1. The molecule has 8 heteroatoms. The Morgan fingerprint density at radius 2 is 2.11 bits per heavy atom. The molecular weight excluding hydrogens is 356 g/mol. The van der Waals surface area contributed by atoms with Crippen molar-refractivity contribution in [3.63, 3.8) is 0 Å². The first-order valence-electron chi connectivity index (χ1n) is 8.80. The van der Waals surface area contributed by atoms with Gasteiger partial charge in [-0.05, 0) is 31.5 Å². The van der Waals surface area contributed by atoms with Gasteiger partial charge < -0.3 is 19.9 Å². The molecule has 2 N–H and O–H groups in total. The summed E-state index contributed by atoms with van der Waals surface area (Å²) in [4.78, 5) is 25.4. The standard InChI is InChI=1S/C19H19F2N3O3/c1-22-7-10-4-5-23(8-10)17-14(20)6-12-16(15(17)21)24(11-2-3-11)9-13(18(12)25)19(26)27/h4,6,9,11,22H,2-3,5,7-8H2,1H3,(H,26,27). The summed E-state index contributed by atoms with van der Waals surface area (Å²) in [6.07, 6.45) is 4.63. The zero-order chi connectivity index (χ0) is 19.3. The Kier molecular flexibility index (Phi) is 4.22. The molecule has 0 spiro atoms. The van der Waals surface area contributed by atoms with Gasteiger partial charge >= 0.3 is 5.97 Å². The highest BCUT2D eigenvalue weighted by Gasteiger charge is 2.31. The average Bonchev–Trinajstić information content (AvgIpc) is 3.36. The summed E-state index contributed by atoms with van der Waals surface area (Å²) in [5.74, 6) is -3.08. The summed E-state index contributed by atoms with van der Waals surface area (Å²) in [7, 11) is 1.80. The lowest BCUT2D eigenvalue weighted by atomic mass is 10.1. The zero-order valence-corrected chi connectivity index (χ0v) is 14.8. The normalized spacial score (nSPS) is 16.9. The van der Waals surface area contributed by atoms with Crippen molar-refractivity contribution < 1.29 is 18.7 Å². The van der Waals surface area contributed by atoms with Crippen molar-refractivity contribution >= 4 is 22.6 Å². The summed E-state index contributed by atoms with van der Waals surface area (Å²) in [5.41, 5.74) is -0.515. The summed E-state index contributed by atoms with van der Waals surface area (Å²) in [6, 6.07) is 0.896. The number of anilines is 1. The second kappa shape index (κ2) is 6.45. The Hall–Kier alpha value is -2.74. The third-order valence-corrected chi connectivity index (χ3v) is 5.07. The minimum Gasteiger partial charge on any atom is -0.477 e. The topological polar surface area (TPSA) is 74.6 Å². The number of hydrogen-bond donors (Lipinski definition) is 2. The second-order valence-electron chi connectivity index (χ2n) is 7.01. The monoisotopic (exact) mass is 375 g/mol. The first-order chi connectivity index (χ1) is 12.9. The zero-order valence-electron chi connectivity index (χ0n) is 14.8. The number of hydrogen-bond acceptors (Lipinski definition) is 4. The molecule has 1 aromatic heterocycles. The third kappa shape index (κ3) is 2.90. The minimum atomic E-state index is -1.40. The number of carbonyl (C=O) groups is 1. The van der Waals surface area contributed by atoms with Crippen LogP contribution in [0.3, 0.4) is 0 Å². The van der Waals surface area contributed by atoms with E-state index in [-0.39, 0.29) is 22.6 Å². The van der Waals surface area contributed by atoms with E-state index in [2.05, 4.69) is 5.32 Å². The van der Waals surface area contributed by atoms with Crippen LogP contribution in [0.1, 0.15) is 29.2 Å². The van der Waals surface area contributed by atoms with Crippen molar-refractivity contribution in [3.8, 4) is 0 Å². The van der Waals surface area contributed by atoms with Crippen LogP contribution in [-0.2, 0) is 0 Å². The van der Waals surface area contributed by atoms with E-state index in [1.165, 1.54) is 10.8 Å². The molecule has 2 aliphatic rings. The van der Waals surface area contributed by atoms with Crippen LogP contribution in [-0.4, -0.2) is 42.3 Å². The fourth-order valence-electron chi connectivity index (χ4n) is 3.65. The van der Waals surface area contributed by atoms with E-state index >= 15 is 4.39 Å². The predicted molar refractivity (Wildman–Crippen MR) is 97.6 cm³/mol. The van der Waals surface area contributed by atoms with Crippen LogP contribution in [0, 0.1) is 11.6 Å². The lowest BCUT2D eigenvalue weighted by Gasteiger charge is -2.22. The molecule has 0 saturated heterocycles. The van der Waals surface area contributed by atoms with E-state index < -0.39 is 28.6 Å².